The van der Waals surface area contributed by atoms with Crippen LogP contribution in [-0.2, 0) is 10.4 Å². The van der Waals surface area contributed by atoms with E-state index in [-0.39, 0.29) is 11.5 Å². The second-order valence-corrected chi connectivity index (χ2v) is 5.34. The monoisotopic (exact) mass is 318 g/mol. The molecule has 0 radical (unpaired) electrons. The van der Waals surface area contributed by atoms with E-state index in [1.807, 2.05) is 0 Å². The summed E-state index contributed by atoms with van der Waals surface area (Å²) in [6.07, 6.45) is 0. The number of nitrogens with zero attached hydrogens (tertiary/aromatic N) is 1. The molecule has 1 heterocycles. The number of benzene rings is 1. The lowest BCUT2D eigenvalue weighted by Crippen LogP contribution is -2.45. The van der Waals surface area contributed by atoms with Crippen molar-refractivity contribution in [2.45, 2.75) is 0 Å². The maximum Gasteiger partial charge on any atom is 0.394 e. The molecule has 1 saturated heterocycles. The van der Waals surface area contributed by atoms with E-state index in [1.165, 1.54) is 0 Å². The van der Waals surface area contributed by atoms with Gasteiger partial charge in [0.25, 0.3) is 0 Å². The van der Waals surface area contributed by atoms with Crippen LogP contribution in [0.1, 0.15) is 10.4 Å². The van der Waals surface area contributed by atoms with Crippen LogP contribution in [0.4, 0.5) is 0 Å². The summed E-state index contributed by atoms with van der Waals surface area (Å²) in [5, 5.41) is 12.4. The summed E-state index contributed by atoms with van der Waals surface area (Å²) in [6.45, 7) is 4.20. The number of carbonyl (C=O) groups excluding carboxylic acids is 1. The van der Waals surface area contributed by atoms with Crippen LogP contribution in [0.5, 0.6) is 5.75 Å². The zero-order valence-electron chi connectivity index (χ0n) is 11.3. The summed E-state index contributed by atoms with van der Waals surface area (Å²) < 4.78 is 31.6. The number of aromatic hydroxyl groups is 1. The number of phenols is 1. The normalized spacial score (nSPS) is 15.9. The Bertz CT molecular complexity index is 544. The fraction of sp³-hybridized carbons (Fsp3) is 0.417. The van der Waals surface area contributed by atoms with Crippen molar-refractivity contribution in [2.24, 2.45) is 0 Å². The van der Waals surface area contributed by atoms with Gasteiger partial charge in [0.05, 0.1) is 6.54 Å². The molecule has 4 N–H and O–H groups in total. The van der Waals surface area contributed by atoms with E-state index >= 15 is 0 Å². The number of rotatable bonds is 3. The van der Waals surface area contributed by atoms with Gasteiger partial charge in [0.1, 0.15) is 5.75 Å². The van der Waals surface area contributed by atoms with E-state index < -0.39 is 10.4 Å². The molecular formula is C12H18N2O6S. The van der Waals surface area contributed by atoms with Gasteiger partial charge in [0.15, 0.2) is 5.78 Å². The number of nitrogens with one attached hydrogen (secondary N) is 1. The van der Waals surface area contributed by atoms with Gasteiger partial charge in [-0.15, -0.1) is 0 Å². The predicted octanol–water partition coefficient (Wildman–Crippen LogP) is -0.173. The highest BCUT2D eigenvalue weighted by Crippen LogP contribution is 2.10. The Morgan fingerprint density at radius 3 is 2.10 bits per heavy atom. The molecular weight excluding hydrogens is 300 g/mol. The molecule has 0 aliphatic carbocycles. The fourth-order valence-electron chi connectivity index (χ4n) is 1.81. The first-order valence-corrected chi connectivity index (χ1v) is 7.60. The van der Waals surface area contributed by atoms with Crippen LogP contribution >= 0.6 is 0 Å². The smallest absolute Gasteiger partial charge is 0.394 e. The summed E-state index contributed by atoms with van der Waals surface area (Å²) in [5.41, 5.74) is 0.663. The highest BCUT2D eigenvalue weighted by Gasteiger charge is 2.14. The van der Waals surface area contributed by atoms with Gasteiger partial charge in [-0.2, -0.15) is 8.42 Å². The minimum Gasteiger partial charge on any atom is -0.508 e. The molecule has 1 aliphatic rings. The van der Waals surface area contributed by atoms with Crippen molar-refractivity contribution in [1.82, 2.24) is 10.2 Å². The third-order valence-electron chi connectivity index (χ3n) is 2.77. The highest BCUT2D eigenvalue weighted by atomic mass is 32.3. The molecule has 21 heavy (non-hydrogen) atoms. The average Bonchev–Trinajstić information content (AvgIpc) is 2.38. The molecule has 0 bridgehead atoms. The lowest BCUT2D eigenvalue weighted by Gasteiger charge is -2.26. The van der Waals surface area contributed by atoms with E-state index in [4.69, 9.17) is 22.6 Å². The molecule has 118 valence electrons. The van der Waals surface area contributed by atoms with Crippen molar-refractivity contribution < 1.29 is 27.4 Å². The Labute approximate surface area is 123 Å². The van der Waals surface area contributed by atoms with Crippen molar-refractivity contribution in [1.29, 1.82) is 0 Å². The molecule has 0 aromatic heterocycles. The second-order valence-electron chi connectivity index (χ2n) is 4.44. The Morgan fingerprint density at radius 2 is 1.62 bits per heavy atom. The zero-order valence-corrected chi connectivity index (χ0v) is 12.1. The third kappa shape index (κ3) is 8.38. The molecule has 9 heteroatoms. The van der Waals surface area contributed by atoms with Crippen LogP contribution in [0.15, 0.2) is 24.3 Å². The first-order valence-electron chi connectivity index (χ1n) is 6.21. The molecule has 0 spiro atoms. The molecule has 2 rings (SSSR count). The largest absolute Gasteiger partial charge is 0.508 e. The van der Waals surface area contributed by atoms with Crippen molar-refractivity contribution in [3.63, 3.8) is 0 Å². The van der Waals surface area contributed by atoms with E-state index in [0.717, 1.165) is 26.2 Å². The maximum atomic E-state index is 11.9. The SMILES string of the molecule is O=C(CN1CCNCC1)c1ccc(O)cc1.O=S(=O)(O)O. The standard InChI is InChI=1S/C12H16N2O2.H2O4S/c15-11-3-1-10(2-4-11)12(16)9-14-7-5-13-6-8-14;1-5(2,3)4/h1-4,13,15H,5-9H2;(H2,1,2,3,4). The van der Waals surface area contributed by atoms with Crippen molar-refractivity contribution in [3.8, 4) is 5.75 Å². The van der Waals surface area contributed by atoms with Crippen molar-refractivity contribution in [3.05, 3.63) is 29.8 Å². The van der Waals surface area contributed by atoms with E-state index in [2.05, 4.69) is 10.2 Å². The predicted molar refractivity (Wildman–Crippen MR) is 75.9 cm³/mol. The number of hydrogen-bond acceptors (Lipinski definition) is 6. The first-order chi connectivity index (χ1) is 9.75. The minimum absolute atomic E-state index is 0.113. The highest BCUT2D eigenvalue weighted by molar-refractivity contribution is 7.79. The van der Waals surface area contributed by atoms with E-state index in [0.29, 0.717) is 12.1 Å². The molecule has 0 atom stereocenters. The molecule has 1 aromatic carbocycles. The van der Waals surface area contributed by atoms with Gasteiger partial charge in [-0.05, 0) is 24.3 Å². The maximum absolute atomic E-state index is 11.9. The lowest BCUT2D eigenvalue weighted by atomic mass is 10.1. The van der Waals surface area contributed by atoms with Crippen LogP contribution in [-0.4, -0.2) is 66.0 Å². The third-order valence-corrected chi connectivity index (χ3v) is 2.77. The molecule has 8 nitrogen and oxygen atoms in total. The number of piperazine rings is 1. The summed E-state index contributed by atoms with van der Waals surface area (Å²) in [6, 6.07) is 6.43. The van der Waals surface area contributed by atoms with Crippen molar-refractivity contribution in [2.75, 3.05) is 32.7 Å². The fourth-order valence-corrected chi connectivity index (χ4v) is 1.81. The molecule has 0 saturated carbocycles. The Morgan fingerprint density at radius 1 is 1.14 bits per heavy atom. The second kappa shape index (κ2) is 8.05. The first kappa shape index (κ1) is 17.5. The molecule has 1 fully saturated rings. The van der Waals surface area contributed by atoms with E-state index in [9.17, 15) is 4.79 Å². The molecule has 0 amide bonds. The molecule has 0 unspecified atom stereocenters. The van der Waals surface area contributed by atoms with Crippen LogP contribution in [0, 0.1) is 0 Å². The average molecular weight is 318 g/mol. The zero-order chi connectivity index (χ0) is 15.9. The number of phenolic OH excluding ortho intramolecular Hbond substituents is 1. The minimum atomic E-state index is -4.67. The number of hydrogen-bond donors (Lipinski definition) is 4. The Balaban J connectivity index is 0.000000383. The molecule has 1 aromatic rings. The lowest BCUT2D eigenvalue weighted by molar-refractivity contribution is 0.0921. The van der Waals surface area contributed by atoms with Crippen LogP contribution in [0.2, 0.25) is 0 Å². The van der Waals surface area contributed by atoms with Crippen LogP contribution < -0.4 is 5.32 Å². The van der Waals surface area contributed by atoms with Crippen molar-refractivity contribution >= 4 is 16.2 Å². The van der Waals surface area contributed by atoms with Gasteiger partial charge >= 0.3 is 10.4 Å². The summed E-state index contributed by atoms with van der Waals surface area (Å²) in [4.78, 5) is 14.0. The van der Waals surface area contributed by atoms with Crippen LogP contribution in [0.25, 0.3) is 0 Å². The number of Topliss-reactive ketones (excluding diaryl/α,β-unsaturated/α-hetero) is 1. The number of ketones is 1. The summed E-state index contributed by atoms with van der Waals surface area (Å²) in [7, 11) is -4.67. The van der Waals surface area contributed by atoms with E-state index in [1.54, 1.807) is 24.3 Å². The topological polar surface area (TPSA) is 127 Å². The summed E-state index contributed by atoms with van der Waals surface area (Å²) >= 11 is 0. The van der Waals surface area contributed by atoms with Gasteiger partial charge < -0.3 is 10.4 Å². The van der Waals surface area contributed by atoms with Gasteiger partial charge in [-0.1, -0.05) is 0 Å². The van der Waals surface area contributed by atoms with Crippen LogP contribution in [0.3, 0.4) is 0 Å². The van der Waals surface area contributed by atoms with Gasteiger partial charge in [-0.25, -0.2) is 0 Å². The Hall–Kier alpha value is -1.52. The van der Waals surface area contributed by atoms with Gasteiger partial charge in [-0.3, -0.25) is 18.8 Å². The summed E-state index contributed by atoms with van der Waals surface area (Å²) in [5.74, 6) is 0.306. The Kier molecular flexibility index (Phi) is 6.72. The van der Waals surface area contributed by atoms with Gasteiger partial charge in [0, 0.05) is 31.7 Å². The van der Waals surface area contributed by atoms with Gasteiger partial charge in [0.2, 0.25) is 0 Å². The molecule has 1 aliphatic heterocycles. The number of carbonyl (C=O) groups is 1. The quantitative estimate of drug-likeness (QED) is 0.447.